The number of nitrogens with zero attached hydrogens (tertiary/aromatic N) is 3. The highest BCUT2D eigenvalue weighted by Crippen LogP contribution is 2.16. The van der Waals surface area contributed by atoms with E-state index in [0.717, 1.165) is 0 Å². The summed E-state index contributed by atoms with van der Waals surface area (Å²) in [6, 6.07) is -0.387. The van der Waals surface area contributed by atoms with Crippen LogP contribution in [0.5, 0.6) is 0 Å². The summed E-state index contributed by atoms with van der Waals surface area (Å²) in [5.74, 6) is 0.163. The van der Waals surface area contributed by atoms with Crippen molar-refractivity contribution in [3.05, 3.63) is 12.7 Å². The lowest BCUT2D eigenvalue weighted by Gasteiger charge is -2.34. The van der Waals surface area contributed by atoms with Gasteiger partial charge in [0.25, 0.3) is 0 Å². The molecule has 0 saturated carbocycles. The summed E-state index contributed by atoms with van der Waals surface area (Å²) in [4.78, 5) is 15.9. The summed E-state index contributed by atoms with van der Waals surface area (Å²) in [6.45, 7) is 8.20. The first-order valence-corrected chi connectivity index (χ1v) is 5.77. The molecule has 2 atom stereocenters. The van der Waals surface area contributed by atoms with Gasteiger partial charge in [-0.25, -0.2) is 9.67 Å². The Balaban J connectivity index is 2.72. The number of aromatic nitrogens is 3. The molecule has 1 aromatic heterocycles. The van der Waals surface area contributed by atoms with Crippen LogP contribution in [0.2, 0.25) is 0 Å². The second kappa shape index (κ2) is 5.27. The van der Waals surface area contributed by atoms with Crippen LogP contribution in [0.3, 0.4) is 0 Å². The molecule has 0 aliphatic rings. The zero-order chi connectivity index (χ0) is 13.1. The van der Waals surface area contributed by atoms with Crippen molar-refractivity contribution < 1.29 is 4.79 Å². The Bertz CT molecular complexity index is 362. The van der Waals surface area contributed by atoms with Gasteiger partial charge in [-0.3, -0.25) is 4.79 Å². The van der Waals surface area contributed by atoms with Crippen LogP contribution in [0.15, 0.2) is 12.7 Å². The summed E-state index contributed by atoms with van der Waals surface area (Å²) in [5.41, 5.74) is 5.33. The molecule has 0 aliphatic heterocycles. The minimum absolute atomic E-state index is 0.0999. The van der Waals surface area contributed by atoms with Gasteiger partial charge in [-0.15, -0.1) is 0 Å². The smallest absolute Gasteiger partial charge is 0.245 e. The van der Waals surface area contributed by atoms with Gasteiger partial charge in [-0.1, -0.05) is 13.8 Å². The molecule has 6 nitrogen and oxygen atoms in total. The van der Waals surface area contributed by atoms with Crippen LogP contribution in [-0.4, -0.2) is 32.8 Å². The maximum atomic E-state index is 12.1. The maximum Gasteiger partial charge on any atom is 0.245 e. The van der Waals surface area contributed by atoms with Crippen molar-refractivity contribution in [2.45, 2.75) is 39.3 Å². The van der Waals surface area contributed by atoms with E-state index in [4.69, 9.17) is 5.73 Å². The summed E-state index contributed by atoms with van der Waals surface area (Å²) in [7, 11) is 0. The molecule has 0 bridgehead atoms. The molecule has 0 spiro atoms. The highest BCUT2D eigenvalue weighted by atomic mass is 16.2. The lowest BCUT2D eigenvalue weighted by molar-refractivity contribution is -0.126. The fourth-order valence-electron chi connectivity index (χ4n) is 1.35. The number of hydrogen-bond donors (Lipinski definition) is 2. The first-order chi connectivity index (χ1) is 7.90. The van der Waals surface area contributed by atoms with Crippen LogP contribution >= 0.6 is 0 Å². The standard InChI is InChI=1S/C11H21N5O/c1-8(2)11(4,5-12)15-10(17)9(3)16-7-13-6-14-16/h6-9H,5,12H2,1-4H3,(H,15,17). The normalized spacial score (nSPS) is 16.6. The van der Waals surface area contributed by atoms with Gasteiger partial charge in [0.1, 0.15) is 18.7 Å². The van der Waals surface area contributed by atoms with E-state index in [-0.39, 0.29) is 17.9 Å². The monoisotopic (exact) mass is 239 g/mol. The average Bonchev–Trinajstić information content (AvgIpc) is 2.80. The molecule has 0 saturated heterocycles. The van der Waals surface area contributed by atoms with Crippen LogP contribution in [0.1, 0.15) is 33.7 Å². The second-order valence-corrected chi connectivity index (χ2v) is 4.82. The lowest BCUT2D eigenvalue weighted by atomic mass is 9.88. The topological polar surface area (TPSA) is 85.8 Å². The van der Waals surface area contributed by atoms with Gasteiger partial charge in [0.15, 0.2) is 0 Å². The zero-order valence-corrected chi connectivity index (χ0v) is 10.8. The van der Waals surface area contributed by atoms with Gasteiger partial charge in [0, 0.05) is 6.54 Å². The van der Waals surface area contributed by atoms with Crippen LogP contribution in [-0.2, 0) is 4.79 Å². The fraction of sp³-hybridized carbons (Fsp3) is 0.727. The van der Waals surface area contributed by atoms with Crippen LogP contribution < -0.4 is 11.1 Å². The molecule has 0 radical (unpaired) electrons. The van der Waals surface area contributed by atoms with Crippen molar-refractivity contribution in [1.29, 1.82) is 0 Å². The second-order valence-electron chi connectivity index (χ2n) is 4.82. The largest absolute Gasteiger partial charge is 0.348 e. The van der Waals surface area contributed by atoms with Crippen molar-refractivity contribution >= 4 is 5.91 Å². The van der Waals surface area contributed by atoms with E-state index in [9.17, 15) is 4.79 Å². The first kappa shape index (κ1) is 13.6. The highest BCUT2D eigenvalue weighted by Gasteiger charge is 2.30. The van der Waals surface area contributed by atoms with E-state index in [2.05, 4.69) is 15.4 Å². The molecule has 2 unspecified atom stereocenters. The zero-order valence-electron chi connectivity index (χ0n) is 10.8. The minimum Gasteiger partial charge on any atom is -0.348 e. The van der Waals surface area contributed by atoms with Crippen molar-refractivity contribution in [3.63, 3.8) is 0 Å². The molecule has 0 fully saturated rings. The van der Waals surface area contributed by atoms with Crippen LogP contribution in [0.4, 0.5) is 0 Å². The molecular formula is C11H21N5O. The van der Waals surface area contributed by atoms with Crippen LogP contribution in [0.25, 0.3) is 0 Å². The Morgan fingerprint density at radius 3 is 2.59 bits per heavy atom. The number of nitrogens with one attached hydrogen (secondary N) is 1. The third-order valence-corrected chi connectivity index (χ3v) is 3.32. The Morgan fingerprint density at radius 1 is 1.53 bits per heavy atom. The Hall–Kier alpha value is -1.43. The molecule has 0 aromatic carbocycles. The number of nitrogens with two attached hydrogens (primary N) is 1. The molecule has 1 heterocycles. The van der Waals surface area contributed by atoms with E-state index in [0.29, 0.717) is 6.54 Å². The number of rotatable bonds is 5. The van der Waals surface area contributed by atoms with E-state index < -0.39 is 5.54 Å². The molecular weight excluding hydrogens is 218 g/mol. The quantitative estimate of drug-likeness (QED) is 0.775. The average molecular weight is 239 g/mol. The van der Waals surface area contributed by atoms with Gasteiger partial charge in [-0.05, 0) is 19.8 Å². The van der Waals surface area contributed by atoms with Gasteiger partial charge in [-0.2, -0.15) is 5.10 Å². The van der Waals surface area contributed by atoms with Crippen molar-refractivity contribution in [2.75, 3.05) is 6.54 Å². The van der Waals surface area contributed by atoms with Crippen molar-refractivity contribution in [3.8, 4) is 0 Å². The molecule has 1 amide bonds. The highest BCUT2D eigenvalue weighted by molar-refractivity contribution is 5.80. The van der Waals surface area contributed by atoms with E-state index in [1.165, 1.54) is 17.3 Å². The van der Waals surface area contributed by atoms with Crippen molar-refractivity contribution in [1.82, 2.24) is 20.1 Å². The van der Waals surface area contributed by atoms with E-state index in [1.807, 2.05) is 20.8 Å². The first-order valence-electron chi connectivity index (χ1n) is 5.77. The third kappa shape index (κ3) is 3.03. The van der Waals surface area contributed by atoms with Gasteiger partial charge in [0.2, 0.25) is 5.91 Å². The van der Waals surface area contributed by atoms with Gasteiger partial charge in [0.05, 0.1) is 5.54 Å². The number of carbonyl (C=O) groups is 1. The fourth-order valence-corrected chi connectivity index (χ4v) is 1.35. The number of hydrogen-bond acceptors (Lipinski definition) is 4. The summed E-state index contributed by atoms with van der Waals surface area (Å²) in [6.07, 6.45) is 2.94. The molecule has 17 heavy (non-hydrogen) atoms. The van der Waals surface area contributed by atoms with Gasteiger partial charge >= 0.3 is 0 Å². The van der Waals surface area contributed by atoms with Gasteiger partial charge < -0.3 is 11.1 Å². The summed E-state index contributed by atoms with van der Waals surface area (Å²) >= 11 is 0. The van der Waals surface area contributed by atoms with E-state index in [1.54, 1.807) is 6.92 Å². The Kier molecular flexibility index (Phi) is 4.22. The predicted octanol–water partition coefficient (Wildman–Crippen LogP) is 0.329. The predicted molar refractivity (Wildman–Crippen MR) is 65.2 cm³/mol. The Morgan fingerprint density at radius 2 is 2.18 bits per heavy atom. The molecule has 1 rings (SSSR count). The third-order valence-electron chi connectivity index (χ3n) is 3.32. The number of carbonyl (C=O) groups excluding carboxylic acids is 1. The molecule has 1 aromatic rings. The minimum atomic E-state index is -0.397. The van der Waals surface area contributed by atoms with Crippen molar-refractivity contribution in [2.24, 2.45) is 11.7 Å². The molecule has 6 heteroatoms. The molecule has 0 aliphatic carbocycles. The van der Waals surface area contributed by atoms with E-state index >= 15 is 0 Å². The number of amides is 1. The molecule has 3 N–H and O–H groups in total. The molecule has 96 valence electrons. The summed E-state index contributed by atoms with van der Waals surface area (Å²) < 4.78 is 1.52. The SMILES string of the molecule is CC(C(=O)NC(C)(CN)C(C)C)n1cncn1. The lowest BCUT2D eigenvalue weighted by Crippen LogP contribution is -2.56. The Labute approximate surface area is 102 Å². The maximum absolute atomic E-state index is 12.1. The van der Waals surface area contributed by atoms with Crippen LogP contribution in [0, 0.1) is 5.92 Å². The summed E-state index contributed by atoms with van der Waals surface area (Å²) in [5, 5.41) is 6.93.